The number of thioether (sulfide) groups is 1. The van der Waals surface area contributed by atoms with E-state index >= 15 is 0 Å². The highest BCUT2D eigenvalue weighted by Gasteiger charge is 2.52. The summed E-state index contributed by atoms with van der Waals surface area (Å²) in [6, 6.07) is 21.2. The van der Waals surface area contributed by atoms with Crippen molar-refractivity contribution in [2.24, 2.45) is 0 Å². The van der Waals surface area contributed by atoms with Crippen LogP contribution in [0.5, 0.6) is 0 Å². The fourth-order valence-electron chi connectivity index (χ4n) is 4.51. The van der Waals surface area contributed by atoms with Crippen molar-refractivity contribution in [1.82, 2.24) is 4.90 Å². The van der Waals surface area contributed by atoms with Gasteiger partial charge in [0.05, 0.1) is 17.7 Å². The number of allylic oxidation sites excluding steroid dienone is 1. The van der Waals surface area contributed by atoms with Gasteiger partial charge in [0.15, 0.2) is 0 Å². The summed E-state index contributed by atoms with van der Waals surface area (Å²) in [5, 5.41) is 1.35. The average molecular weight is 422 g/mol. The van der Waals surface area contributed by atoms with Crippen LogP contribution < -0.4 is 0 Å². The lowest BCUT2D eigenvalue weighted by molar-refractivity contribution is -0.0880. The summed E-state index contributed by atoms with van der Waals surface area (Å²) in [4.78, 5) is 2.51. The van der Waals surface area contributed by atoms with Gasteiger partial charge in [-0.1, -0.05) is 72.8 Å². The molecule has 4 heteroatoms. The Morgan fingerprint density at radius 2 is 1.83 bits per heavy atom. The first-order valence-corrected chi connectivity index (χ1v) is 11.7. The molecule has 0 radical (unpaired) electrons. The van der Waals surface area contributed by atoms with Crippen LogP contribution in [0.1, 0.15) is 43.9 Å². The van der Waals surface area contributed by atoms with Gasteiger partial charge in [-0.25, -0.2) is 0 Å². The Kier molecular flexibility index (Phi) is 6.67. The smallest absolute Gasteiger partial charge is 0.140 e. The van der Waals surface area contributed by atoms with Crippen molar-refractivity contribution in [3.05, 3.63) is 88.5 Å². The predicted octanol–water partition coefficient (Wildman–Crippen LogP) is 6.26. The van der Waals surface area contributed by atoms with Gasteiger partial charge in [0.1, 0.15) is 11.8 Å². The van der Waals surface area contributed by atoms with Crippen molar-refractivity contribution in [3.63, 3.8) is 0 Å². The largest absolute Gasteiger partial charge is 0.382 e. The lowest BCUT2D eigenvalue weighted by atomic mass is 9.97. The molecule has 4 rings (SSSR count). The van der Waals surface area contributed by atoms with E-state index in [-0.39, 0.29) is 17.9 Å². The Hall–Kier alpha value is -2.01. The molecule has 2 aromatic rings. The molecule has 0 N–H and O–H groups in total. The van der Waals surface area contributed by atoms with E-state index in [1.807, 2.05) is 11.8 Å². The van der Waals surface area contributed by atoms with Crippen molar-refractivity contribution in [3.8, 4) is 0 Å². The average Bonchev–Trinajstić information content (AvgIpc) is 3.07. The second-order valence-electron chi connectivity index (χ2n) is 8.23. The van der Waals surface area contributed by atoms with Gasteiger partial charge >= 0.3 is 0 Å². The molecule has 2 heterocycles. The van der Waals surface area contributed by atoms with Gasteiger partial charge < -0.3 is 14.4 Å². The first-order valence-electron chi connectivity index (χ1n) is 10.7. The van der Waals surface area contributed by atoms with Gasteiger partial charge in [-0.2, -0.15) is 0 Å². The zero-order valence-corrected chi connectivity index (χ0v) is 18.9. The van der Waals surface area contributed by atoms with Gasteiger partial charge in [-0.15, -0.1) is 11.8 Å². The summed E-state index contributed by atoms with van der Waals surface area (Å²) >= 11 is 1.91. The number of rotatable bonds is 7. The number of fused-ring (bicyclic) bond motifs is 1. The first-order chi connectivity index (χ1) is 14.6. The second-order valence-corrected chi connectivity index (χ2v) is 9.24. The van der Waals surface area contributed by atoms with Crippen molar-refractivity contribution in [1.29, 1.82) is 0 Å². The molecule has 1 fully saturated rings. The van der Waals surface area contributed by atoms with Crippen molar-refractivity contribution in [2.75, 3.05) is 19.5 Å². The molecule has 3 atom stereocenters. The fourth-order valence-corrected chi connectivity index (χ4v) is 5.67. The Balaban J connectivity index is 1.56. The van der Waals surface area contributed by atoms with Gasteiger partial charge in [-0.3, -0.25) is 0 Å². The van der Waals surface area contributed by atoms with E-state index in [9.17, 15) is 0 Å². The van der Waals surface area contributed by atoms with E-state index in [1.54, 1.807) is 7.11 Å². The second kappa shape index (κ2) is 9.42. The molecule has 2 aliphatic rings. The first kappa shape index (κ1) is 21.2. The predicted molar refractivity (Wildman–Crippen MR) is 126 cm³/mol. The third kappa shape index (κ3) is 4.36. The monoisotopic (exact) mass is 421 g/mol. The summed E-state index contributed by atoms with van der Waals surface area (Å²) in [5.41, 5.74) is 3.61. The van der Waals surface area contributed by atoms with Crippen LogP contribution in [0.4, 0.5) is 0 Å². The molecule has 0 aliphatic carbocycles. The molecule has 1 saturated heterocycles. The van der Waals surface area contributed by atoms with E-state index in [0.717, 1.165) is 18.6 Å². The molecular weight excluding hydrogens is 390 g/mol. The quantitative estimate of drug-likeness (QED) is 0.526. The zero-order chi connectivity index (χ0) is 21.0. The molecule has 1 unspecified atom stereocenters. The summed E-state index contributed by atoms with van der Waals surface area (Å²) in [7, 11) is 1.79. The molecule has 0 amide bonds. The van der Waals surface area contributed by atoms with Crippen molar-refractivity contribution >= 4 is 17.8 Å². The summed E-state index contributed by atoms with van der Waals surface area (Å²) in [6.07, 6.45) is 6.54. The van der Waals surface area contributed by atoms with Crippen LogP contribution in [0.15, 0.2) is 77.3 Å². The van der Waals surface area contributed by atoms with Crippen LogP contribution in [0, 0.1) is 0 Å². The van der Waals surface area contributed by atoms with Crippen LogP contribution in [-0.2, 0) is 9.47 Å². The molecule has 0 aromatic heterocycles. The third-order valence-electron chi connectivity index (χ3n) is 6.01. The van der Waals surface area contributed by atoms with Gasteiger partial charge in [0, 0.05) is 12.9 Å². The van der Waals surface area contributed by atoms with Gasteiger partial charge in [0.25, 0.3) is 0 Å². The minimum atomic E-state index is -0.297. The number of methoxy groups -OCH3 is 1. The Labute approximate surface area is 184 Å². The number of ether oxygens (including phenoxy) is 2. The number of hydrogen-bond donors (Lipinski definition) is 0. The minimum Gasteiger partial charge on any atom is -0.382 e. The SMILES string of the molecule is COC[C@H]1[C@H](c2ccccc2)OC2(C)CCC(C)=C(SC/C=C/c3ccccc3)N12. The Bertz CT molecular complexity index is 896. The molecular formula is C26H31NO2S. The van der Waals surface area contributed by atoms with E-state index < -0.39 is 0 Å². The zero-order valence-electron chi connectivity index (χ0n) is 18.1. The number of nitrogens with zero attached hydrogens (tertiary/aromatic N) is 1. The summed E-state index contributed by atoms with van der Waals surface area (Å²) < 4.78 is 12.4. The standard InChI is InChI=1S/C26H31NO2S/c1-20-16-17-26(2)27(25(20)30-18-10-13-21-11-6-4-7-12-21)23(19-28-3)24(29-26)22-14-8-5-9-15-22/h4-15,23-24H,16-19H2,1-3H3/b13-10+/t23-,24-,26?/m0/s1. The Morgan fingerprint density at radius 3 is 2.53 bits per heavy atom. The van der Waals surface area contributed by atoms with Gasteiger partial charge in [-0.05, 0) is 43.4 Å². The van der Waals surface area contributed by atoms with E-state index in [1.165, 1.54) is 21.7 Å². The maximum absolute atomic E-state index is 6.74. The van der Waals surface area contributed by atoms with Crippen LogP contribution in [0.3, 0.4) is 0 Å². The maximum Gasteiger partial charge on any atom is 0.140 e. The molecule has 2 aliphatic heterocycles. The highest BCUT2D eigenvalue weighted by molar-refractivity contribution is 8.03. The van der Waals surface area contributed by atoms with E-state index in [2.05, 4.69) is 91.6 Å². The molecule has 30 heavy (non-hydrogen) atoms. The lowest BCUT2D eigenvalue weighted by Gasteiger charge is -2.43. The maximum atomic E-state index is 6.74. The van der Waals surface area contributed by atoms with E-state index in [4.69, 9.17) is 9.47 Å². The summed E-state index contributed by atoms with van der Waals surface area (Å²) in [6.45, 7) is 5.15. The lowest BCUT2D eigenvalue weighted by Crippen LogP contribution is -2.48. The highest BCUT2D eigenvalue weighted by Crippen LogP contribution is 2.51. The fraction of sp³-hybridized carbons (Fsp3) is 0.385. The molecule has 2 aromatic carbocycles. The topological polar surface area (TPSA) is 21.7 Å². The Morgan fingerprint density at radius 1 is 1.13 bits per heavy atom. The number of benzene rings is 2. The molecule has 3 nitrogen and oxygen atoms in total. The highest BCUT2D eigenvalue weighted by atomic mass is 32.2. The molecule has 0 bridgehead atoms. The van der Waals surface area contributed by atoms with Crippen LogP contribution in [0.25, 0.3) is 6.08 Å². The number of hydrogen-bond acceptors (Lipinski definition) is 4. The normalized spacial score (nSPS) is 26.4. The molecule has 0 spiro atoms. The van der Waals surface area contributed by atoms with Crippen molar-refractivity contribution < 1.29 is 9.47 Å². The van der Waals surface area contributed by atoms with E-state index in [0.29, 0.717) is 6.61 Å². The minimum absolute atomic E-state index is 0.0116. The summed E-state index contributed by atoms with van der Waals surface area (Å²) in [5.74, 6) is 0.934. The molecule has 0 saturated carbocycles. The van der Waals surface area contributed by atoms with Crippen LogP contribution in [0.2, 0.25) is 0 Å². The van der Waals surface area contributed by atoms with Crippen LogP contribution >= 0.6 is 11.8 Å². The van der Waals surface area contributed by atoms with Crippen LogP contribution in [-0.4, -0.2) is 36.1 Å². The van der Waals surface area contributed by atoms with Crippen molar-refractivity contribution in [2.45, 2.75) is 44.6 Å². The van der Waals surface area contributed by atoms with Gasteiger partial charge in [0.2, 0.25) is 0 Å². The molecule has 158 valence electrons. The third-order valence-corrected chi connectivity index (χ3v) is 7.19.